The summed E-state index contributed by atoms with van der Waals surface area (Å²) in [5, 5.41) is 7.05. The Balaban J connectivity index is 1.65. The summed E-state index contributed by atoms with van der Waals surface area (Å²) >= 11 is 0. The van der Waals surface area contributed by atoms with Crippen molar-refractivity contribution in [3.8, 4) is 0 Å². The van der Waals surface area contributed by atoms with E-state index in [-0.39, 0.29) is 0 Å². The summed E-state index contributed by atoms with van der Waals surface area (Å²) in [7, 11) is 1.82. The van der Waals surface area contributed by atoms with Crippen LogP contribution in [-0.4, -0.2) is 52.6 Å². The van der Waals surface area contributed by atoms with Crippen LogP contribution in [0.5, 0.6) is 0 Å². The minimum Gasteiger partial charge on any atom is -0.384 e. The van der Waals surface area contributed by atoms with Gasteiger partial charge in [0.05, 0.1) is 12.7 Å². The maximum atomic E-state index is 5.64. The SMILES string of the molecule is COCC1(CNCCC2CCCO2)CCNCC1. The van der Waals surface area contributed by atoms with Gasteiger partial charge in [0.15, 0.2) is 0 Å². The molecule has 0 aromatic heterocycles. The molecule has 18 heavy (non-hydrogen) atoms. The smallest absolute Gasteiger partial charge is 0.0588 e. The minimum atomic E-state index is 0.344. The van der Waals surface area contributed by atoms with Crippen molar-refractivity contribution in [2.45, 2.75) is 38.2 Å². The summed E-state index contributed by atoms with van der Waals surface area (Å²) in [6.07, 6.45) is 6.57. The van der Waals surface area contributed by atoms with Gasteiger partial charge in [-0.3, -0.25) is 0 Å². The van der Waals surface area contributed by atoms with E-state index in [0.29, 0.717) is 11.5 Å². The first-order chi connectivity index (χ1) is 8.85. The Hall–Kier alpha value is -0.160. The molecule has 2 fully saturated rings. The van der Waals surface area contributed by atoms with E-state index in [1.165, 1.54) is 25.7 Å². The van der Waals surface area contributed by atoms with Gasteiger partial charge in [-0.25, -0.2) is 0 Å². The normalized spacial score (nSPS) is 27.5. The van der Waals surface area contributed by atoms with Crippen molar-refractivity contribution in [3.63, 3.8) is 0 Å². The molecule has 2 aliphatic rings. The zero-order valence-electron chi connectivity index (χ0n) is 11.7. The number of piperidine rings is 1. The number of ether oxygens (including phenoxy) is 2. The van der Waals surface area contributed by atoms with Crippen LogP contribution in [-0.2, 0) is 9.47 Å². The Bertz CT molecular complexity index is 218. The predicted molar refractivity (Wildman–Crippen MR) is 72.9 cm³/mol. The number of hydrogen-bond donors (Lipinski definition) is 2. The molecule has 0 aromatic rings. The van der Waals surface area contributed by atoms with Gasteiger partial charge in [0.1, 0.15) is 0 Å². The molecule has 2 heterocycles. The second kappa shape index (κ2) is 7.43. The Morgan fingerprint density at radius 2 is 2.22 bits per heavy atom. The van der Waals surface area contributed by atoms with Crippen molar-refractivity contribution in [1.29, 1.82) is 0 Å². The molecule has 4 heteroatoms. The molecule has 1 unspecified atom stereocenters. The van der Waals surface area contributed by atoms with E-state index in [1.54, 1.807) is 0 Å². The highest BCUT2D eigenvalue weighted by Gasteiger charge is 2.31. The molecule has 0 bridgehead atoms. The van der Waals surface area contributed by atoms with Crippen LogP contribution in [0.25, 0.3) is 0 Å². The molecule has 1 atom stereocenters. The number of rotatable bonds is 7. The summed E-state index contributed by atoms with van der Waals surface area (Å²) in [6, 6.07) is 0. The van der Waals surface area contributed by atoms with Crippen molar-refractivity contribution in [1.82, 2.24) is 10.6 Å². The third-order valence-electron chi connectivity index (χ3n) is 4.28. The van der Waals surface area contributed by atoms with Crippen molar-refractivity contribution in [2.24, 2.45) is 5.41 Å². The lowest BCUT2D eigenvalue weighted by Gasteiger charge is -2.37. The molecule has 2 aliphatic heterocycles. The van der Waals surface area contributed by atoms with Gasteiger partial charge in [-0.05, 0) is 51.7 Å². The summed E-state index contributed by atoms with van der Waals surface area (Å²) in [4.78, 5) is 0. The van der Waals surface area contributed by atoms with Crippen LogP contribution < -0.4 is 10.6 Å². The molecule has 0 saturated carbocycles. The molecule has 0 aromatic carbocycles. The fraction of sp³-hybridized carbons (Fsp3) is 1.00. The van der Waals surface area contributed by atoms with Gasteiger partial charge in [0.2, 0.25) is 0 Å². The molecular weight excluding hydrogens is 228 g/mol. The van der Waals surface area contributed by atoms with Crippen LogP contribution in [0.4, 0.5) is 0 Å². The molecule has 0 radical (unpaired) electrons. The van der Waals surface area contributed by atoms with Crippen LogP contribution in [0, 0.1) is 5.41 Å². The van der Waals surface area contributed by atoms with E-state index in [1.807, 2.05) is 7.11 Å². The van der Waals surface area contributed by atoms with Crippen molar-refractivity contribution >= 4 is 0 Å². The molecule has 106 valence electrons. The third kappa shape index (κ3) is 4.19. The zero-order valence-corrected chi connectivity index (χ0v) is 11.7. The lowest BCUT2D eigenvalue weighted by atomic mass is 9.79. The first-order valence-electron chi connectivity index (χ1n) is 7.37. The maximum absolute atomic E-state index is 5.64. The maximum Gasteiger partial charge on any atom is 0.0588 e. The van der Waals surface area contributed by atoms with E-state index in [4.69, 9.17) is 9.47 Å². The Morgan fingerprint density at radius 1 is 1.39 bits per heavy atom. The summed E-state index contributed by atoms with van der Waals surface area (Å²) in [5.74, 6) is 0. The lowest BCUT2D eigenvalue weighted by molar-refractivity contribution is 0.0519. The van der Waals surface area contributed by atoms with Crippen LogP contribution >= 0.6 is 0 Å². The van der Waals surface area contributed by atoms with E-state index in [2.05, 4.69) is 10.6 Å². The van der Waals surface area contributed by atoms with Crippen LogP contribution in [0.1, 0.15) is 32.1 Å². The highest BCUT2D eigenvalue weighted by molar-refractivity contribution is 4.86. The monoisotopic (exact) mass is 256 g/mol. The number of hydrogen-bond acceptors (Lipinski definition) is 4. The lowest BCUT2D eigenvalue weighted by Crippen LogP contribution is -2.46. The second-order valence-electron chi connectivity index (χ2n) is 5.78. The van der Waals surface area contributed by atoms with Gasteiger partial charge in [-0.15, -0.1) is 0 Å². The minimum absolute atomic E-state index is 0.344. The summed E-state index contributed by atoms with van der Waals surface area (Å²) in [5.41, 5.74) is 0.344. The molecule has 4 nitrogen and oxygen atoms in total. The topological polar surface area (TPSA) is 42.5 Å². The Labute approximate surface area is 111 Å². The molecule has 2 N–H and O–H groups in total. The fourth-order valence-corrected chi connectivity index (χ4v) is 3.12. The van der Waals surface area contributed by atoms with E-state index >= 15 is 0 Å². The highest BCUT2D eigenvalue weighted by atomic mass is 16.5. The second-order valence-corrected chi connectivity index (χ2v) is 5.78. The largest absolute Gasteiger partial charge is 0.384 e. The molecule has 0 aliphatic carbocycles. The molecule has 0 amide bonds. The first-order valence-corrected chi connectivity index (χ1v) is 7.37. The third-order valence-corrected chi connectivity index (χ3v) is 4.28. The van der Waals surface area contributed by atoms with E-state index < -0.39 is 0 Å². The van der Waals surface area contributed by atoms with Gasteiger partial charge in [-0.1, -0.05) is 0 Å². The van der Waals surface area contributed by atoms with Crippen molar-refractivity contribution in [2.75, 3.05) is 46.5 Å². The molecule has 0 spiro atoms. The quantitative estimate of drug-likeness (QED) is 0.671. The van der Waals surface area contributed by atoms with E-state index in [0.717, 1.165) is 45.8 Å². The molecule has 2 rings (SSSR count). The molecule has 2 saturated heterocycles. The van der Waals surface area contributed by atoms with E-state index in [9.17, 15) is 0 Å². The Kier molecular flexibility index (Phi) is 5.89. The predicted octanol–water partition coefficient (Wildman–Crippen LogP) is 1.16. The standard InChI is InChI=1S/C14H28N2O2/c1-17-12-14(5-8-15-9-6-14)11-16-7-4-13-3-2-10-18-13/h13,15-16H,2-12H2,1H3. The van der Waals surface area contributed by atoms with Gasteiger partial charge < -0.3 is 20.1 Å². The summed E-state index contributed by atoms with van der Waals surface area (Å²) < 4.78 is 11.1. The zero-order chi connectivity index (χ0) is 12.7. The van der Waals surface area contributed by atoms with Gasteiger partial charge in [-0.2, -0.15) is 0 Å². The van der Waals surface area contributed by atoms with Gasteiger partial charge in [0.25, 0.3) is 0 Å². The summed E-state index contributed by atoms with van der Waals surface area (Å²) in [6.45, 7) is 6.23. The molecular formula is C14H28N2O2. The van der Waals surface area contributed by atoms with Crippen molar-refractivity contribution in [3.05, 3.63) is 0 Å². The number of nitrogens with one attached hydrogen (secondary N) is 2. The number of methoxy groups -OCH3 is 1. The average Bonchev–Trinajstić information content (AvgIpc) is 2.89. The average molecular weight is 256 g/mol. The van der Waals surface area contributed by atoms with Crippen LogP contribution in [0.2, 0.25) is 0 Å². The van der Waals surface area contributed by atoms with Crippen molar-refractivity contribution < 1.29 is 9.47 Å². The van der Waals surface area contributed by atoms with Gasteiger partial charge >= 0.3 is 0 Å². The van der Waals surface area contributed by atoms with Crippen LogP contribution in [0.3, 0.4) is 0 Å². The highest BCUT2D eigenvalue weighted by Crippen LogP contribution is 2.28. The Morgan fingerprint density at radius 3 is 2.89 bits per heavy atom. The van der Waals surface area contributed by atoms with Gasteiger partial charge in [0, 0.05) is 25.7 Å². The van der Waals surface area contributed by atoms with Crippen LogP contribution in [0.15, 0.2) is 0 Å². The fourth-order valence-electron chi connectivity index (χ4n) is 3.12. The first kappa shape index (κ1) is 14.3.